The number of aliphatic hydroxyl groups is 1. The van der Waals surface area contributed by atoms with Crippen molar-refractivity contribution in [3.05, 3.63) is 58.6 Å². The first-order valence-electron chi connectivity index (χ1n) is 7.69. The Morgan fingerprint density at radius 2 is 1.92 bits per heavy atom. The summed E-state index contributed by atoms with van der Waals surface area (Å²) < 4.78 is 8.02. The standard InChI is InChI=1S/C17H15Cl2N3O2/c18-11-3-1-10(2-4-11)15(23)13-5-6-14(24-13)22-8-7-12-16(19)20-9-21-17(12)22/h1-4,7-9,13-15,23H,5-6H2. The summed E-state index contributed by atoms with van der Waals surface area (Å²) in [5.74, 6) is 0. The van der Waals surface area contributed by atoms with Crippen LogP contribution in [0.5, 0.6) is 0 Å². The van der Waals surface area contributed by atoms with Crippen molar-refractivity contribution < 1.29 is 9.84 Å². The molecule has 0 amide bonds. The van der Waals surface area contributed by atoms with Gasteiger partial charge in [0.1, 0.15) is 29.5 Å². The predicted molar refractivity (Wildman–Crippen MR) is 92.1 cm³/mol. The Labute approximate surface area is 148 Å². The highest BCUT2D eigenvalue weighted by Gasteiger charge is 2.33. The van der Waals surface area contributed by atoms with Gasteiger partial charge in [0.15, 0.2) is 0 Å². The van der Waals surface area contributed by atoms with Crippen molar-refractivity contribution >= 4 is 34.2 Å². The molecule has 0 bridgehead atoms. The Kier molecular flexibility index (Phi) is 4.18. The van der Waals surface area contributed by atoms with Crippen molar-refractivity contribution in [1.82, 2.24) is 14.5 Å². The molecule has 7 heteroatoms. The van der Waals surface area contributed by atoms with Gasteiger partial charge in [-0.05, 0) is 36.6 Å². The number of hydrogen-bond donors (Lipinski definition) is 1. The van der Waals surface area contributed by atoms with E-state index in [1.807, 2.05) is 29.0 Å². The summed E-state index contributed by atoms with van der Waals surface area (Å²) in [6.45, 7) is 0. The van der Waals surface area contributed by atoms with Crippen LogP contribution in [0.2, 0.25) is 10.2 Å². The van der Waals surface area contributed by atoms with E-state index >= 15 is 0 Å². The number of halogens is 2. The molecule has 1 aromatic carbocycles. The van der Waals surface area contributed by atoms with Gasteiger partial charge in [-0.3, -0.25) is 0 Å². The molecular formula is C17H15Cl2N3O2. The normalized spacial score (nSPS) is 22.1. The van der Waals surface area contributed by atoms with Crippen molar-refractivity contribution in [3.8, 4) is 0 Å². The Bertz CT molecular complexity index is 866. The minimum Gasteiger partial charge on any atom is -0.386 e. The summed E-state index contributed by atoms with van der Waals surface area (Å²) in [7, 11) is 0. The average Bonchev–Trinajstić information content (AvgIpc) is 3.22. The van der Waals surface area contributed by atoms with Crippen molar-refractivity contribution in [2.75, 3.05) is 0 Å². The second kappa shape index (κ2) is 6.33. The van der Waals surface area contributed by atoms with Crippen LogP contribution in [0.1, 0.15) is 30.7 Å². The van der Waals surface area contributed by atoms with E-state index in [9.17, 15) is 5.11 Å². The molecule has 4 rings (SSSR count). The molecule has 5 nitrogen and oxygen atoms in total. The van der Waals surface area contributed by atoms with Gasteiger partial charge in [-0.25, -0.2) is 9.97 Å². The van der Waals surface area contributed by atoms with Crippen LogP contribution in [0.4, 0.5) is 0 Å². The van der Waals surface area contributed by atoms with E-state index < -0.39 is 6.10 Å². The predicted octanol–water partition coefficient (Wildman–Crippen LogP) is 4.15. The number of benzene rings is 1. The molecule has 0 radical (unpaired) electrons. The van der Waals surface area contributed by atoms with Gasteiger partial charge in [0.05, 0.1) is 11.5 Å². The maximum atomic E-state index is 10.6. The Morgan fingerprint density at radius 3 is 2.71 bits per heavy atom. The number of hydrogen-bond acceptors (Lipinski definition) is 4. The van der Waals surface area contributed by atoms with E-state index in [1.165, 1.54) is 6.33 Å². The van der Waals surface area contributed by atoms with Crippen LogP contribution in [0, 0.1) is 0 Å². The zero-order chi connectivity index (χ0) is 16.7. The SMILES string of the molecule is OC(c1ccc(Cl)cc1)C1CCC(n2ccc3c(Cl)ncnc32)O1. The molecule has 3 heterocycles. The molecule has 1 N–H and O–H groups in total. The monoisotopic (exact) mass is 363 g/mol. The summed E-state index contributed by atoms with van der Waals surface area (Å²) in [5.41, 5.74) is 1.54. The van der Waals surface area contributed by atoms with Crippen molar-refractivity contribution in [2.45, 2.75) is 31.3 Å². The second-order valence-corrected chi connectivity index (χ2v) is 6.62. The van der Waals surface area contributed by atoms with Gasteiger partial charge in [-0.1, -0.05) is 35.3 Å². The van der Waals surface area contributed by atoms with Crippen LogP contribution in [0.15, 0.2) is 42.9 Å². The molecule has 124 valence electrons. The Hall–Kier alpha value is -1.66. The fourth-order valence-corrected chi connectivity index (χ4v) is 3.45. The third-order valence-electron chi connectivity index (χ3n) is 4.36. The van der Waals surface area contributed by atoms with Gasteiger partial charge in [0.2, 0.25) is 0 Å². The van der Waals surface area contributed by atoms with E-state index in [-0.39, 0.29) is 12.3 Å². The van der Waals surface area contributed by atoms with Crippen LogP contribution in [-0.4, -0.2) is 25.7 Å². The number of ether oxygens (including phenoxy) is 1. The van der Waals surface area contributed by atoms with Crippen LogP contribution >= 0.6 is 23.2 Å². The van der Waals surface area contributed by atoms with Crippen LogP contribution in [0.3, 0.4) is 0 Å². The first-order chi connectivity index (χ1) is 11.6. The number of rotatable bonds is 3. The van der Waals surface area contributed by atoms with Crippen LogP contribution in [-0.2, 0) is 4.74 Å². The van der Waals surface area contributed by atoms with Gasteiger partial charge in [-0.2, -0.15) is 0 Å². The largest absolute Gasteiger partial charge is 0.386 e. The summed E-state index contributed by atoms with van der Waals surface area (Å²) in [4.78, 5) is 8.28. The van der Waals surface area contributed by atoms with E-state index in [0.717, 1.165) is 29.4 Å². The zero-order valence-electron chi connectivity index (χ0n) is 12.6. The minimum absolute atomic E-state index is 0.180. The van der Waals surface area contributed by atoms with Gasteiger partial charge in [0.25, 0.3) is 0 Å². The quantitative estimate of drug-likeness (QED) is 0.710. The second-order valence-electron chi connectivity index (χ2n) is 5.83. The maximum absolute atomic E-state index is 10.6. The van der Waals surface area contributed by atoms with Crippen molar-refractivity contribution in [2.24, 2.45) is 0 Å². The third-order valence-corrected chi connectivity index (χ3v) is 4.92. The number of aromatic nitrogens is 3. The molecule has 1 saturated heterocycles. The minimum atomic E-state index is -0.688. The number of aliphatic hydroxyl groups excluding tert-OH is 1. The van der Waals surface area contributed by atoms with Crippen molar-refractivity contribution in [3.63, 3.8) is 0 Å². The van der Waals surface area contributed by atoms with E-state index in [4.69, 9.17) is 27.9 Å². The van der Waals surface area contributed by atoms with E-state index in [0.29, 0.717) is 10.2 Å². The summed E-state index contributed by atoms with van der Waals surface area (Å²) in [6, 6.07) is 9.06. The van der Waals surface area contributed by atoms with Gasteiger partial charge in [0, 0.05) is 11.2 Å². The highest BCUT2D eigenvalue weighted by molar-refractivity contribution is 6.33. The van der Waals surface area contributed by atoms with Gasteiger partial charge >= 0.3 is 0 Å². The van der Waals surface area contributed by atoms with Crippen LogP contribution in [0.25, 0.3) is 11.0 Å². The fraction of sp³-hybridized carbons (Fsp3) is 0.294. The lowest BCUT2D eigenvalue weighted by atomic mass is 10.0. The zero-order valence-corrected chi connectivity index (χ0v) is 14.2. The molecule has 1 fully saturated rings. The fourth-order valence-electron chi connectivity index (χ4n) is 3.13. The molecule has 1 aliphatic heterocycles. The third kappa shape index (κ3) is 2.78. The first kappa shape index (κ1) is 15.8. The van der Waals surface area contributed by atoms with Crippen LogP contribution < -0.4 is 0 Å². The molecule has 3 aromatic rings. The lowest BCUT2D eigenvalue weighted by Crippen LogP contribution is -2.19. The smallest absolute Gasteiger partial charge is 0.146 e. The lowest BCUT2D eigenvalue weighted by molar-refractivity contribution is -0.0590. The van der Waals surface area contributed by atoms with E-state index in [1.54, 1.807) is 12.1 Å². The Morgan fingerprint density at radius 1 is 1.12 bits per heavy atom. The molecule has 0 saturated carbocycles. The first-order valence-corrected chi connectivity index (χ1v) is 8.45. The molecule has 2 aromatic heterocycles. The summed E-state index contributed by atoms with van der Waals surface area (Å²) in [6.07, 6.45) is 3.75. The molecule has 1 aliphatic rings. The van der Waals surface area contributed by atoms with Gasteiger partial charge in [-0.15, -0.1) is 0 Å². The molecular weight excluding hydrogens is 349 g/mol. The average molecular weight is 364 g/mol. The highest BCUT2D eigenvalue weighted by Crippen LogP contribution is 2.37. The molecule has 3 unspecified atom stereocenters. The summed E-state index contributed by atoms with van der Waals surface area (Å²) >= 11 is 12.0. The van der Waals surface area contributed by atoms with Gasteiger partial charge < -0.3 is 14.4 Å². The molecule has 24 heavy (non-hydrogen) atoms. The number of fused-ring (bicyclic) bond motifs is 1. The number of nitrogens with zero attached hydrogens (tertiary/aromatic N) is 3. The maximum Gasteiger partial charge on any atom is 0.146 e. The Balaban J connectivity index is 1.55. The highest BCUT2D eigenvalue weighted by atomic mass is 35.5. The lowest BCUT2D eigenvalue weighted by Gasteiger charge is -2.20. The molecule has 3 atom stereocenters. The summed E-state index contributed by atoms with van der Waals surface area (Å²) in [5, 5.41) is 12.4. The molecule has 0 aliphatic carbocycles. The topological polar surface area (TPSA) is 60.2 Å². The van der Waals surface area contributed by atoms with Crippen molar-refractivity contribution in [1.29, 1.82) is 0 Å². The van der Waals surface area contributed by atoms with E-state index in [2.05, 4.69) is 9.97 Å². The molecule has 0 spiro atoms.